The highest BCUT2D eigenvalue weighted by Gasteiger charge is 2.30. The van der Waals surface area contributed by atoms with Crippen molar-refractivity contribution >= 4 is 21.7 Å². The van der Waals surface area contributed by atoms with E-state index in [0.29, 0.717) is 19.5 Å². The Labute approximate surface area is 119 Å². The first-order valence-electron chi connectivity index (χ1n) is 6.82. The van der Waals surface area contributed by atoms with Crippen LogP contribution in [0.2, 0.25) is 0 Å². The van der Waals surface area contributed by atoms with Crippen molar-refractivity contribution in [3.8, 4) is 0 Å². The number of nitrogens with one attached hydrogen (secondary N) is 1. The molecule has 1 unspecified atom stereocenters. The van der Waals surface area contributed by atoms with Crippen LogP contribution in [0.15, 0.2) is 0 Å². The molecule has 2 heterocycles. The summed E-state index contributed by atoms with van der Waals surface area (Å²) < 4.78 is 22.6. The van der Waals surface area contributed by atoms with E-state index in [1.165, 1.54) is 0 Å². The average Bonchev–Trinajstić information content (AvgIpc) is 2.69. The van der Waals surface area contributed by atoms with Crippen LogP contribution in [0, 0.1) is 0 Å². The van der Waals surface area contributed by atoms with Gasteiger partial charge in [-0.3, -0.25) is 9.59 Å². The second-order valence-electron chi connectivity index (χ2n) is 5.53. The summed E-state index contributed by atoms with van der Waals surface area (Å²) in [6, 6.07) is -0.340. The van der Waals surface area contributed by atoms with Crippen molar-refractivity contribution < 1.29 is 18.0 Å². The van der Waals surface area contributed by atoms with Crippen LogP contribution in [-0.4, -0.2) is 80.8 Å². The van der Waals surface area contributed by atoms with E-state index in [0.717, 1.165) is 13.1 Å². The van der Waals surface area contributed by atoms with Crippen LogP contribution < -0.4 is 5.32 Å². The number of amides is 2. The summed E-state index contributed by atoms with van der Waals surface area (Å²) in [4.78, 5) is 27.5. The van der Waals surface area contributed by atoms with Crippen LogP contribution in [0.4, 0.5) is 0 Å². The zero-order valence-corrected chi connectivity index (χ0v) is 12.5. The predicted octanol–water partition coefficient (Wildman–Crippen LogP) is -1.55. The van der Waals surface area contributed by atoms with Gasteiger partial charge >= 0.3 is 0 Å². The maximum absolute atomic E-state index is 11.9. The number of carbonyl (C=O) groups is 2. The lowest BCUT2D eigenvalue weighted by molar-refractivity contribution is -0.137. The molecule has 2 aliphatic rings. The van der Waals surface area contributed by atoms with Crippen molar-refractivity contribution in [3.05, 3.63) is 0 Å². The van der Waals surface area contributed by atoms with Crippen LogP contribution in [0.1, 0.15) is 12.8 Å². The van der Waals surface area contributed by atoms with E-state index in [1.807, 2.05) is 7.05 Å². The van der Waals surface area contributed by atoms with Crippen molar-refractivity contribution in [3.63, 3.8) is 0 Å². The molecule has 0 aromatic carbocycles. The first-order chi connectivity index (χ1) is 9.35. The van der Waals surface area contributed by atoms with Crippen LogP contribution >= 0.6 is 0 Å². The standard InChI is InChI=1S/C12H21N3O4S/c1-14-3-5-15(6-4-14)12(17)8-11(16)13-10-2-7-20(18,19)9-10/h10H,2-9H2,1H3,(H,13,16). The highest BCUT2D eigenvalue weighted by atomic mass is 32.2. The van der Waals surface area contributed by atoms with Crippen LogP contribution in [0.25, 0.3) is 0 Å². The third kappa shape index (κ3) is 4.17. The number of rotatable bonds is 3. The van der Waals surface area contributed by atoms with Gasteiger partial charge in [-0.1, -0.05) is 0 Å². The van der Waals surface area contributed by atoms with Gasteiger partial charge in [-0.15, -0.1) is 0 Å². The molecule has 7 nitrogen and oxygen atoms in total. The molecule has 1 atom stereocenters. The third-order valence-electron chi connectivity index (χ3n) is 3.77. The van der Waals surface area contributed by atoms with Crippen molar-refractivity contribution in [2.45, 2.75) is 18.9 Å². The molecule has 0 aromatic heterocycles. The molecule has 0 spiro atoms. The number of likely N-dealkylation sites (N-methyl/N-ethyl adjacent to an activating group) is 1. The second kappa shape index (κ2) is 6.09. The summed E-state index contributed by atoms with van der Waals surface area (Å²) in [5, 5.41) is 2.64. The van der Waals surface area contributed by atoms with Gasteiger partial charge in [0, 0.05) is 32.2 Å². The van der Waals surface area contributed by atoms with E-state index in [-0.39, 0.29) is 35.8 Å². The summed E-state index contributed by atoms with van der Waals surface area (Å²) >= 11 is 0. The molecular weight excluding hydrogens is 282 g/mol. The maximum Gasteiger partial charge on any atom is 0.232 e. The number of piperazine rings is 1. The fourth-order valence-electron chi connectivity index (χ4n) is 2.49. The number of hydrogen-bond acceptors (Lipinski definition) is 5. The van der Waals surface area contributed by atoms with Crippen LogP contribution in [0.5, 0.6) is 0 Å². The Bertz CT molecular complexity index is 483. The summed E-state index contributed by atoms with van der Waals surface area (Å²) in [6.07, 6.45) is 0.247. The molecule has 1 N–H and O–H groups in total. The summed E-state index contributed by atoms with van der Waals surface area (Å²) in [6.45, 7) is 2.91. The second-order valence-corrected chi connectivity index (χ2v) is 7.76. The molecular formula is C12H21N3O4S. The largest absolute Gasteiger partial charge is 0.352 e. The highest BCUT2D eigenvalue weighted by Crippen LogP contribution is 2.11. The monoisotopic (exact) mass is 303 g/mol. The van der Waals surface area contributed by atoms with Gasteiger partial charge in [-0.25, -0.2) is 8.42 Å². The molecule has 2 amide bonds. The van der Waals surface area contributed by atoms with E-state index in [9.17, 15) is 18.0 Å². The quantitative estimate of drug-likeness (QED) is 0.638. The number of nitrogens with zero attached hydrogens (tertiary/aromatic N) is 2. The zero-order chi connectivity index (χ0) is 14.8. The Morgan fingerprint density at radius 3 is 2.40 bits per heavy atom. The molecule has 2 rings (SSSR count). The van der Waals surface area contributed by atoms with Gasteiger partial charge in [-0.2, -0.15) is 0 Å². The molecule has 8 heteroatoms. The van der Waals surface area contributed by atoms with Crippen molar-refractivity contribution in [2.24, 2.45) is 0 Å². The predicted molar refractivity (Wildman–Crippen MR) is 73.9 cm³/mol. The Hall–Kier alpha value is -1.15. The summed E-state index contributed by atoms with van der Waals surface area (Å²) in [5.74, 6) is -0.460. The van der Waals surface area contributed by atoms with E-state index in [1.54, 1.807) is 4.90 Å². The summed E-state index contributed by atoms with van der Waals surface area (Å²) in [5.41, 5.74) is 0. The van der Waals surface area contributed by atoms with Gasteiger partial charge < -0.3 is 15.1 Å². The highest BCUT2D eigenvalue weighted by molar-refractivity contribution is 7.91. The fraction of sp³-hybridized carbons (Fsp3) is 0.833. The summed E-state index contributed by atoms with van der Waals surface area (Å²) in [7, 11) is -1.02. The fourth-order valence-corrected chi connectivity index (χ4v) is 4.17. The zero-order valence-electron chi connectivity index (χ0n) is 11.7. The first-order valence-corrected chi connectivity index (χ1v) is 8.64. The Balaban J connectivity index is 1.75. The lowest BCUT2D eigenvalue weighted by Crippen LogP contribution is -2.48. The van der Waals surface area contributed by atoms with Gasteiger partial charge in [0.15, 0.2) is 9.84 Å². The molecule has 0 saturated carbocycles. The first kappa shape index (κ1) is 15.2. The SMILES string of the molecule is CN1CCN(C(=O)CC(=O)NC2CCS(=O)(=O)C2)CC1. The minimum absolute atomic E-state index is 0.0125. The molecule has 0 bridgehead atoms. The Morgan fingerprint density at radius 1 is 1.20 bits per heavy atom. The van der Waals surface area contributed by atoms with Crippen molar-refractivity contribution in [2.75, 3.05) is 44.7 Å². The normalized spacial score (nSPS) is 26.4. The lowest BCUT2D eigenvalue weighted by Gasteiger charge is -2.32. The molecule has 0 aliphatic carbocycles. The number of sulfone groups is 1. The van der Waals surface area contributed by atoms with Gasteiger partial charge in [0.1, 0.15) is 6.42 Å². The molecule has 2 aliphatic heterocycles. The Morgan fingerprint density at radius 2 is 1.85 bits per heavy atom. The lowest BCUT2D eigenvalue weighted by atomic mass is 10.2. The van der Waals surface area contributed by atoms with E-state index >= 15 is 0 Å². The molecule has 114 valence electrons. The van der Waals surface area contributed by atoms with E-state index < -0.39 is 9.84 Å². The number of hydrogen-bond donors (Lipinski definition) is 1. The number of carbonyl (C=O) groups excluding carboxylic acids is 2. The maximum atomic E-state index is 11.9. The van der Waals surface area contributed by atoms with Gasteiger partial charge in [0.2, 0.25) is 11.8 Å². The van der Waals surface area contributed by atoms with E-state index in [2.05, 4.69) is 10.2 Å². The minimum Gasteiger partial charge on any atom is -0.352 e. The van der Waals surface area contributed by atoms with E-state index in [4.69, 9.17) is 0 Å². The average molecular weight is 303 g/mol. The Kier molecular flexibility index (Phi) is 4.64. The minimum atomic E-state index is -3.01. The molecule has 20 heavy (non-hydrogen) atoms. The van der Waals surface area contributed by atoms with Crippen molar-refractivity contribution in [1.29, 1.82) is 0 Å². The van der Waals surface area contributed by atoms with Gasteiger partial charge in [0.05, 0.1) is 11.5 Å². The van der Waals surface area contributed by atoms with Crippen LogP contribution in [0.3, 0.4) is 0 Å². The third-order valence-corrected chi connectivity index (χ3v) is 5.53. The van der Waals surface area contributed by atoms with Crippen molar-refractivity contribution in [1.82, 2.24) is 15.1 Å². The topological polar surface area (TPSA) is 86.8 Å². The molecule has 0 radical (unpaired) electrons. The van der Waals surface area contributed by atoms with Gasteiger partial charge in [-0.05, 0) is 13.5 Å². The smallest absolute Gasteiger partial charge is 0.232 e. The van der Waals surface area contributed by atoms with Crippen LogP contribution in [-0.2, 0) is 19.4 Å². The van der Waals surface area contributed by atoms with Gasteiger partial charge in [0.25, 0.3) is 0 Å². The molecule has 2 saturated heterocycles. The molecule has 0 aromatic rings. The molecule has 2 fully saturated rings.